The van der Waals surface area contributed by atoms with Crippen molar-refractivity contribution in [2.24, 2.45) is 5.92 Å². The molecule has 2 nitrogen and oxygen atoms in total. The van der Waals surface area contributed by atoms with Gasteiger partial charge in [0, 0.05) is 6.42 Å². The van der Waals surface area contributed by atoms with Gasteiger partial charge in [-0.2, -0.15) is 0 Å². The minimum atomic E-state index is -0.00379. The van der Waals surface area contributed by atoms with Gasteiger partial charge in [-0.05, 0) is 18.8 Å². The van der Waals surface area contributed by atoms with Gasteiger partial charge in [0.05, 0.1) is 6.61 Å². The molecule has 0 unspecified atom stereocenters. The Labute approximate surface area is 120 Å². The first kappa shape index (κ1) is 18.5. The van der Waals surface area contributed by atoms with Crippen molar-refractivity contribution < 1.29 is 9.53 Å². The first-order valence-corrected chi connectivity index (χ1v) is 8.32. The summed E-state index contributed by atoms with van der Waals surface area (Å²) in [5.41, 5.74) is 0. The highest BCUT2D eigenvalue weighted by Gasteiger charge is 2.02. The average molecular weight is 270 g/mol. The van der Waals surface area contributed by atoms with E-state index >= 15 is 0 Å². The van der Waals surface area contributed by atoms with Crippen LogP contribution >= 0.6 is 0 Å². The van der Waals surface area contributed by atoms with Gasteiger partial charge >= 0.3 is 5.97 Å². The van der Waals surface area contributed by atoms with E-state index in [2.05, 4.69) is 20.8 Å². The highest BCUT2D eigenvalue weighted by atomic mass is 16.5. The van der Waals surface area contributed by atoms with E-state index in [-0.39, 0.29) is 5.97 Å². The standard InChI is InChI=1S/C17H34O2/c1-4-5-12-15-19-17(18)14-11-9-7-6-8-10-13-16(2)3/h16H,4-15H2,1-3H3. The van der Waals surface area contributed by atoms with E-state index in [0.717, 1.165) is 25.2 Å². The van der Waals surface area contributed by atoms with Gasteiger partial charge in [0.2, 0.25) is 0 Å². The summed E-state index contributed by atoms with van der Waals surface area (Å²) >= 11 is 0. The monoisotopic (exact) mass is 270 g/mol. The number of ether oxygens (including phenoxy) is 1. The SMILES string of the molecule is CCCCCOC(=O)CCCCCCCCC(C)C. The van der Waals surface area contributed by atoms with Crippen molar-refractivity contribution >= 4 is 5.97 Å². The number of esters is 1. The van der Waals surface area contributed by atoms with Crippen LogP contribution in [-0.4, -0.2) is 12.6 Å². The van der Waals surface area contributed by atoms with Crippen molar-refractivity contribution in [1.82, 2.24) is 0 Å². The predicted molar refractivity (Wildman–Crippen MR) is 82.3 cm³/mol. The molecule has 0 spiro atoms. The van der Waals surface area contributed by atoms with Gasteiger partial charge in [-0.3, -0.25) is 4.79 Å². The minimum Gasteiger partial charge on any atom is -0.466 e. The summed E-state index contributed by atoms with van der Waals surface area (Å²) in [5, 5.41) is 0. The molecule has 0 aromatic heterocycles. The van der Waals surface area contributed by atoms with Crippen LogP contribution in [-0.2, 0) is 9.53 Å². The van der Waals surface area contributed by atoms with Gasteiger partial charge in [-0.15, -0.1) is 0 Å². The summed E-state index contributed by atoms with van der Waals surface area (Å²) in [5.74, 6) is 0.832. The molecule has 2 heteroatoms. The molecule has 0 amide bonds. The lowest BCUT2D eigenvalue weighted by atomic mass is 10.0. The summed E-state index contributed by atoms with van der Waals surface area (Å²) in [6.07, 6.45) is 12.8. The smallest absolute Gasteiger partial charge is 0.305 e. The molecule has 0 aliphatic heterocycles. The molecule has 0 aliphatic rings. The number of unbranched alkanes of at least 4 members (excludes halogenated alkanes) is 7. The predicted octanol–water partition coefficient (Wildman–Crippen LogP) is 5.50. The number of carbonyl (C=O) groups is 1. The van der Waals surface area contributed by atoms with Crippen LogP contribution in [0.5, 0.6) is 0 Å². The van der Waals surface area contributed by atoms with E-state index in [9.17, 15) is 4.79 Å². The Bertz CT molecular complexity index is 199. The van der Waals surface area contributed by atoms with Crippen LogP contribution in [0.25, 0.3) is 0 Å². The van der Waals surface area contributed by atoms with Crippen molar-refractivity contribution in [2.45, 2.75) is 91.4 Å². The molecule has 0 rings (SSSR count). The second-order valence-electron chi connectivity index (χ2n) is 5.98. The molecule has 0 radical (unpaired) electrons. The van der Waals surface area contributed by atoms with Gasteiger partial charge in [0.25, 0.3) is 0 Å². The Kier molecular flexibility index (Phi) is 13.5. The highest BCUT2D eigenvalue weighted by Crippen LogP contribution is 2.12. The largest absolute Gasteiger partial charge is 0.466 e. The van der Waals surface area contributed by atoms with Crippen LogP contribution < -0.4 is 0 Å². The lowest BCUT2D eigenvalue weighted by molar-refractivity contribution is -0.143. The van der Waals surface area contributed by atoms with Gasteiger partial charge in [0.15, 0.2) is 0 Å². The first-order chi connectivity index (χ1) is 9.16. The minimum absolute atomic E-state index is 0.00379. The lowest BCUT2D eigenvalue weighted by Crippen LogP contribution is -2.05. The van der Waals surface area contributed by atoms with Crippen LogP contribution in [0.2, 0.25) is 0 Å². The molecule has 0 atom stereocenters. The third-order valence-electron chi connectivity index (χ3n) is 3.42. The lowest BCUT2D eigenvalue weighted by Gasteiger charge is -2.05. The van der Waals surface area contributed by atoms with Crippen LogP contribution in [0.1, 0.15) is 91.4 Å². The second kappa shape index (κ2) is 13.9. The Morgan fingerprint density at radius 2 is 1.53 bits per heavy atom. The normalized spacial score (nSPS) is 10.9. The molecule has 114 valence electrons. The molecule has 19 heavy (non-hydrogen) atoms. The number of hydrogen-bond acceptors (Lipinski definition) is 2. The number of hydrogen-bond donors (Lipinski definition) is 0. The van der Waals surface area contributed by atoms with E-state index in [1.807, 2.05) is 0 Å². The topological polar surface area (TPSA) is 26.3 Å². The Hall–Kier alpha value is -0.530. The fraction of sp³-hybridized carbons (Fsp3) is 0.941. The van der Waals surface area contributed by atoms with Crippen LogP contribution in [0.4, 0.5) is 0 Å². The quantitative estimate of drug-likeness (QED) is 0.326. The maximum absolute atomic E-state index is 11.4. The molecule has 0 saturated heterocycles. The number of carbonyl (C=O) groups excluding carboxylic acids is 1. The molecule has 0 saturated carbocycles. The van der Waals surface area contributed by atoms with Crippen molar-refractivity contribution in [2.75, 3.05) is 6.61 Å². The van der Waals surface area contributed by atoms with Gasteiger partial charge in [-0.1, -0.05) is 72.1 Å². The maximum Gasteiger partial charge on any atom is 0.305 e. The van der Waals surface area contributed by atoms with Gasteiger partial charge in [-0.25, -0.2) is 0 Å². The fourth-order valence-electron chi connectivity index (χ4n) is 2.14. The van der Waals surface area contributed by atoms with E-state index < -0.39 is 0 Å². The van der Waals surface area contributed by atoms with Crippen LogP contribution in [0.3, 0.4) is 0 Å². The molecular formula is C17H34O2. The summed E-state index contributed by atoms with van der Waals surface area (Å²) < 4.78 is 5.18. The molecular weight excluding hydrogens is 236 g/mol. The average Bonchev–Trinajstić information content (AvgIpc) is 2.37. The summed E-state index contributed by atoms with van der Waals surface area (Å²) in [7, 11) is 0. The summed E-state index contributed by atoms with van der Waals surface area (Å²) in [6.45, 7) is 7.34. The maximum atomic E-state index is 11.4. The summed E-state index contributed by atoms with van der Waals surface area (Å²) in [6, 6.07) is 0. The molecule has 0 aromatic rings. The Morgan fingerprint density at radius 3 is 2.16 bits per heavy atom. The zero-order valence-electron chi connectivity index (χ0n) is 13.4. The third kappa shape index (κ3) is 15.4. The second-order valence-corrected chi connectivity index (χ2v) is 5.98. The molecule has 0 heterocycles. The van der Waals surface area contributed by atoms with Crippen LogP contribution in [0.15, 0.2) is 0 Å². The van der Waals surface area contributed by atoms with Crippen molar-refractivity contribution in [3.05, 3.63) is 0 Å². The third-order valence-corrected chi connectivity index (χ3v) is 3.42. The van der Waals surface area contributed by atoms with E-state index in [0.29, 0.717) is 13.0 Å². The van der Waals surface area contributed by atoms with Crippen molar-refractivity contribution in [1.29, 1.82) is 0 Å². The van der Waals surface area contributed by atoms with Crippen molar-refractivity contribution in [3.63, 3.8) is 0 Å². The number of rotatable bonds is 13. The van der Waals surface area contributed by atoms with E-state index in [1.165, 1.54) is 44.9 Å². The molecule has 0 fully saturated rings. The van der Waals surface area contributed by atoms with Crippen molar-refractivity contribution in [3.8, 4) is 0 Å². The van der Waals surface area contributed by atoms with Crippen LogP contribution in [0, 0.1) is 5.92 Å². The zero-order chi connectivity index (χ0) is 14.3. The zero-order valence-corrected chi connectivity index (χ0v) is 13.4. The molecule has 0 aromatic carbocycles. The Morgan fingerprint density at radius 1 is 0.895 bits per heavy atom. The highest BCUT2D eigenvalue weighted by molar-refractivity contribution is 5.69. The van der Waals surface area contributed by atoms with Gasteiger partial charge in [0.1, 0.15) is 0 Å². The van der Waals surface area contributed by atoms with E-state index in [4.69, 9.17) is 4.74 Å². The Balaban J connectivity index is 3.14. The fourth-order valence-corrected chi connectivity index (χ4v) is 2.14. The first-order valence-electron chi connectivity index (χ1n) is 8.32. The van der Waals surface area contributed by atoms with E-state index in [1.54, 1.807) is 0 Å². The van der Waals surface area contributed by atoms with Gasteiger partial charge < -0.3 is 4.74 Å². The molecule has 0 aliphatic carbocycles. The molecule has 0 bridgehead atoms. The molecule has 0 N–H and O–H groups in total. The summed E-state index contributed by atoms with van der Waals surface area (Å²) in [4.78, 5) is 11.4.